The summed E-state index contributed by atoms with van der Waals surface area (Å²) < 4.78 is 2.27. The minimum absolute atomic E-state index is 0.204. The van der Waals surface area contributed by atoms with E-state index in [9.17, 15) is 10.1 Å². The number of nitriles is 1. The summed E-state index contributed by atoms with van der Waals surface area (Å²) in [6, 6.07) is 3.69. The van der Waals surface area contributed by atoms with Crippen LogP contribution in [0.5, 0.6) is 0 Å². The maximum Gasteiger partial charge on any atom is 0.265 e. The third kappa shape index (κ3) is 1.81. The molecule has 8 nitrogen and oxygen atoms in total. The van der Waals surface area contributed by atoms with E-state index in [-0.39, 0.29) is 11.3 Å². The Balaban J connectivity index is 2.33. The number of aryl methyl sites for hydroxylation is 1. The van der Waals surface area contributed by atoms with Crippen molar-refractivity contribution in [2.45, 2.75) is 12.7 Å². The topological polar surface area (TPSA) is 126 Å². The molecule has 5 N–H and O–H groups in total. The Morgan fingerprint density at radius 2 is 2.33 bits per heavy atom. The Hall–Kier alpha value is -2.41. The maximum absolute atomic E-state index is 11.7. The first kappa shape index (κ1) is 13.6. The second-order valence-corrected chi connectivity index (χ2v) is 6.03. The number of rotatable bonds is 2. The summed E-state index contributed by atoms with van der Waals surface area (Å²) in [5, 5.41) is 11.7. The Bertz CT molecular complexity index is 827. The second kappa shape index (κ2) is 4.29. The largest absolute Gasteiger partial charge is 0.364 e. The molecule has 1 aliphatic rings. The molecule has 2 aromatic heterocycles. The molecule has 0 bridgehead atoms. The van der Waals surface area contributed by atoms with Crippen molar-refractivity contribution in [3.05, 3.63) is 28.5 Å². The van der Waals surface area contributed by atoms with Gasteiger partial charge in [-0.25, -0.2) is 4.98 Å². The lowest BCUT2D eigenvalue weighted by Gasteiger charge is -2.30. The molecular formula is C12H13N7OS. The van der Waals surface area contributed by atoms with E-state index in [1.54, 1.807) is 24.3 Å². The number of hydrogen-bond acceptors (Lipinski definition) is 7. The highest BCUT2D eigenvalue weighted by Crippen LogP contribution is 2.33. The third-order valence-electron chi connectivity index (χ3n) is 3.27. The van der Waals surface area contributed by atoms with Crippen LogP contribution in [0.1, 0.15) is 15.5 Å². The van der Waals surface area contributed by atoms with E-state index >= 15 is 0 Å². The van der Waals surface area contributed by atoms with Crippen LogP contribution >= 0.6 is 11.3 Å². The molecule has 0 saturated heterocycles. The molecule has 1 unspecified atom stereocenters. The Kier molecular flexibility index (Phi) is 2.77. The number of nitrogens with two attached hydrogens (primary N) is 2. The van der Waals surface area contributed by atoms with Crippen molar-refractivity contribution in [2.75, 3.05) is 7.05 Å². The average molecular weight is 303 g/mol. The minimum atomic E-state index is -1.39. The summed E-state index contributed by atoms with van der Waals surface area (Å²) in [7, 11) is 1.71. The lowest BCUT2D eigenvalue weighted by atomic mass is 10.1. The van der Waals surface area contributed by atoms with Crippen molar-refractivity contribution >= 4 is 27.6 Å². The van der Waals surface area contributed by atoms with E-state index in [0.29, 0.717) is 5.65 Å². The van der Waals surface area contributed by atoms with E-state index in [2.05, 4.69) is 10.4 Å². The van der Waals surface area contributed by atoms with Crippen LogP contribution in [0.3, 0.4) is 0 Å². The maximum atomic E-state index is 11.7. The first-order valence-corrected chi connectivity index (χ1v) is 6.89. The molecule has 0 fully saturated rings. The number of hydrazine groups is 1. The van der Waals surface area contributed by atoms with E-state index in [0.717, 1.165) is 9.71 Å². The molecule has 0 spiro atoms. The zero-order chi connectivity index (χ0) is 15.4. The highest BCUT2D eigenvalue weighted by Gasteiger charge is 2.41. The highest BCUT2D eigenvalue weighted by atomic mass is 32.1. The summed E-state index contributed by atoms with van der Waals surface area (Å²) >= 11 is 1.43. The van der Waals surface area contributed by atoms with Gasteiger partial charge in [-0.1, -0.05) is 0 Å². The summed E-state index contributed by atoms with van der Waals surface area (Å²) in [4.78, 5) is 16.1. The fourth-order valence-electron chi connectivity index (χ4n) is 2.47. The molecule has 0 aromatic carbocycles. The molecular weight excluding hydrogens is 290 g/mol. The molecule has 9 heteroatoms. The zero-order valence-electron chi connectivity index (χ0n) is 11.4. The number of amides is 1. The Morgan fingerprint density at radius 3 is 2.95 bits per heavy atom. The lowest BCUT2D eigenvalue weighted by Crippen LogP contribution is -2.57. The standard InChI is InChI=1S/C12H13N7OS/c1-6-16-11-9(21-6)3-8(10(14)20)19(11)12(15)7(4-13)5-18(2)17-12/h3,5,17H,15H2,1-2H3,(H2,14,20). The molecule has 0 saturated carbocycles. The van der Waals surface area contributed by atoms with Gasteiger partial charge in [0.15, 0.2) is 5.65 Å². The molecule has 1 atom stereocenters. The number of fused-ring (bicyclic) bond motifs is 1. The van der Waals surface area contributed by atoms with Crippen molar-refractivity contribution < 1.29 is 4.79 Å². The zero-order valence-corrected chi connectivity index (χ0v) is 12.2. The number of nitrogens with zero attached hydrogens (tertiary/aromatic N) is 4. The molecule has 1 amide bonds. The number of hydrogen-bond donors (Lipinski definition) is 3. The van der Waals surface area contributed by atoms with Gasteiger partial charge < -0.3 is 10.7 Å². The number of primary amides is 1. The van der Waals surface area contributed by atoms with Crippen LogP contribution in [-0.4, -0.2) is 27.5 Å². The van der Waals surface area contributed by atoms with Crippen LogP contribution in [0.15, 0.2) is 17.8 Å². The monoisotopic (exact) mass is 303 g/mol. The van der Waals surface area contributed by atoms with Crippen LogP contribution in [0.2, 0.25) is 0 Å². The molecule has 0 radical (unpaired) electrons. The van der Waals surface area contributed by atoms with E-state index in [1.807, 2.05) is 13.0 Å². The smallest absolute Gasteiger partial charge is 0.265 e. The van der Waals surface area contributed by atoms with Gasteiger partial charge >= 0.3 is 0 Å². The van der Waals surface area contributed by atoms with E-state index < -0.39 is 11.7 Å². The third-order valence-corrected chi connectivity index (χ3v) is 4.17. The fraction of sp³-hybridized carbons (Fsp3) is 0.250. The van der Waals surface area contributed by atoms with Crippen molar-refractivity contribution in [3.8, 4) is 6.07 Å². The average Bonchev–Trinajstić information content (AvgIpc) is 2.99. The Labute approximate surface area is 124 Å². The van der Waals surface area contributed by atoms with Crippen molar-refractivity contribution in [1.82, 2.24) is 20.0 Å². The fourth-order valence-corrected chi connectivity index (χ4v) is 3.31. The van der Waals surface area contributed by atoms with Gasteiger partial charge in [0, 0.05) is 13.2 Å². The summed E-state index contributed by atoms with van der Waals surface area (Å²) in [5.74, 6) is -2.02. The van der Waals surface area contributed by atoms with Gasteiger partial charge in [-0.2, -0.15) is 10.7 Å². The highest BCUT2D eigenvalue weighted by molar-refractivity contribution is 7.18. The van der Waals surface area contributed by atoms with Gasteiger partial charge in [0.25, 0.3) is 5.91 Å². The van der Waals surface area contributed by atoms with Crippen molar-refractivity contribution in [2.24, 2.45) is 11.5 Å². The first-order chi connectivity index (χ1) is 9.86. The number of aromatic nitrogens is 2. The van der Waals surface area contributed by atoms with Gasteiger partial charge in [0.1, 0.15) is 17.3 Å². The van der Waals surface area contributed by atoms with Crippen LogP contribution in [-0.2, 0) is 5.79 Å². The van der Waals surface area contributed by atoms with Crippen LogP contribution in [0.4, 0.5) is 0 Å². The molecule has 3 heterocycles. The van der Waals surface area contributed by atoms with Crippen molar-refractivity contribution in [3.63, 3.8) is 0 Å². The number of carbonyl (C=O) groups is 1. The summed E-state index contributed by atoms with van der Waals surface area (Å²) in [5.41, 5.74) is 15.7. The van der Waals surface area contributed by atoms with E-state index in [4.69, 9.17) is 11.5 Å². The predicted molar refractivity (Wildman–Crippen MR) is 77.6 cm³/mol. The van der Waals surface area contributed by atoms with Gasteiger partial charge in [-0.05, 0) is 13.0 Å². The Morgan fingerprint density at radius 1 is 1.62 bits per heavy atom. The van der Waals surface area contributed by atoms with Crippen LogP contribution < -0.4 is 16.9 Å². The first-order valence-electron chi connectivity index (χ1n) is 6.08. The van der Waals surface area contributed by atoms with Gasteiger partial charge in [-0.3, -0.25) is 15.1 Å². The summed E-state index contributed by atoms with van der Waals surface area (Å²) in [6.07, 6.45) is 1.57. The molecule has 108 valence electrons. The SMILES string of the molecule is Cc1nc2c(cc(C(N)=O)n2C2(N)NN(C)C=C2C#N)s1. The van der Waals surface area contributed by atoms with Crippen LogP contribution in [0, 0.1) is 18.3 Å². The normalized spacial score (nSPS) is 21.6. The minimum Gasteiger partial charge on any atom is -0.364 e. The summed E-state index contributed by atoms with van der Waals surface area (Å²) in [6.45, 7) is 1.86. The van der Waals surface area contributed by atoms with Gasteiger partial charge in [0.2, 0.25) is 5.79 Å². The molecule has 0 aliphatic carbocycles. The molecule has 3 rings (SSSR count). The lowest BCUT2D eigenvalue weighted by molar-refractivity contribution is 0.0976. The van der Waals surface area contributed by atoms with E-state index in [1.165, 1.54) is 15.9 Å². The number of carbonyl (C=O) groups excluding carboxylic acids is 1. The number of thiazole rings is 1. The quantitative estimate of drug-likeness (QED) is 0.713. The number of nitrogens with one attached hydrogen (secondary N) is 1. The van der Waals surface area contributed by atoms with Crippen LogP contribution in [0.25, 0.3) is 10.3 Å². The molecule has 1 aliphatic heterocycles. The second-order valence-electron chi connectivity index (χ2n) is 4.79. The molecule has 21 heavy (non-hydrogen) atoms. The van der Waals surface area contributed by atoms with Crippen molar-refractivity contribution in [1.29, 1.82) is 5.26 Å². The van der Waals surface area contributed by atoms with Gasteiger partial charge in [-0.15, -0.1) is 11.3 Å². The predicted octanol–water partition coefficient (Wildman–Crippen LogP) is -0.0684. The molecule has 2 aromatic rings. The van der Waals surface area contributed by atoms with Gasteiger partial charge in [0.05, 0.1) is 9.71 Å².